The third-order valence-electron chi connectivity index (χ3n) is 1.57. The van der Waals surface area contributed by atoms with Crippen LogP contribution in [-0.4, -0.2) is 23.8 Å². The van der Waals surface area contributed by atoms with Crippen molar-refractivity contribution in [2.45, 2.75) is 12.5 Å². The maximum Gasteiger partial charge on any atom is 0.268 e. The molecule has 80 valence electrons. The normalized spacial score (nSPS) is 16.6. The molecule has 14 heavy (non-hydrogen) atoms. The van der Waals surface area contributed by atoms with Gasteiger partial charge in [0.1, 0.15) is 11.4 Å². The Morgan fingerprint density at radius 3 is 2.50 bits per heavy atom. The molecule has 0 bridgehead atoms. The maximum absolute atomic E-state index is 10.6. The fourth-order valence-electron chi connectivity index (χ4n) is 1.03. The Bertz CT molecular complexity index is 421. The Morgan fingerprint density at radius 1 is 1.57 bits per heavy atom. The predicted octanol–water partition coefficient (Wildman–Crippen LogP) is 1.50. The molecule has 0 aliphatic carbocycles. The molecular formula is C7H9ClO4S2. The van der Waals surface area contributed by atoms with Crippen LogP contribution in [0.2, 0.25) is 4.34 Å². The molecule has 0 fully saturated rings. The molecule has 0 aliphatic heterocycles. The summed E-state index contributed by atoms with van der Waals surface area (Å²) >= 11 is 6.71. The Balaban J connectivity index is 2.96. The van der Waals surface area contributed by atoms with E-state index >= 15 is 0 Å². The summed E-state index contributed by atoms with van der Waals surface area (Å²) in [6.07, 6.45) is 0. The van der Waals surface area contributed by atoms with Gasteiger partial charge in [0.05, 0.1) is 4.34 Å². The van der Waals surface area contributed by atoms with Crippen LogP contribution < -0.4 is 0 Å². The first-order valence-corrected chi connectivity index (χ1v) is 6.44. The zero-order valence-corrected chi connectivity index (χ0v) is 9.66. The van der Waals surface area contributed by atoms with Gasteiger partial charge in [-0.15, -0.1) is 11.3 Å². The van der Waals surface area contributed by atoms with Crippen molar-refractivity contribution in [3.63, 3.8) is 0 Å². The van der Waals surface area contributed by atoms with Gasteiger partial charge in [0.2, 0.25) is 0 Å². The highest BCUT2D eigenvalue weighted by molar-refractivity contribution is 7.85. The van der Waals surface area contributed by atoms with Crippen molar-refractivity contribution < 1.29 is 18.1 Å². The molecule has 0 aromatic carbocycles. The second kappa shape index (κ2) is 3.79. The Hall–Kier alpha value is -0.140. The van der Waals surface area contributed by atoms with Crippen molar-refractivity contribution in [2.24, 2.45) is 0 Å². The van der Waals surface area contributed by atoms with Gasteiger partial charge in [0, 0.05) is 4.88 Å². The molecule has 4 nitrogen and oxygen atoms in total. The molecule has 1 rings (SSSR count). The molecule has 1 heterocycles. The lowest BCUT2D eigenvalue weighted by Crippen LogP contribution is -2.29. The number of thiophene rings is 1. The van der Waals surface area contributed by atoms with Crippen LogP contribution in [0.3, 0.4) is 0 Å². The molecule has 2 N–H and O–H groups in total. The van der Waals surface area contributed by atoms with E-state index in [1.54, 1.807) is 6.07 Å². The zero-order chi connectivity index (χ0) is 11.0. The van der Waals surface area contributed by atoms with Gasteiger partial charge in [0.15, 0.2) is 0 Å². The van der Waals surface area contributed by atoms with Gasteiger partial charge in [-0.1, -0.05) is 11.6 Å². The van der Waals surface area contributed by atoms with Crippen LogP contribution in [-0.2, 0) is 15.7 Å². The first-order valence-electron chi connectivity index (χ1n) is 3.64. The van der Waals surface area contributed by atoms with Crippen LogP contribution in [0.4, 0.5) is 0 Å². The van der Waals surface area contributed by atoms with Gasteiger partial charge in [-0.25, -0.2) is 0 Å². The van der Waals surface area contributed by atoms with Gasteiger partial charge < -0.3 is 5.11 Å². The van der Waals surface area contributed by atoms with Crippen LogP contribution in [0.25, 0.3) is 0 Å². The first kappa shape index (κ1) is 11.9. The first-order chi connectivity index (χ1) is 6.21. The molecule has 0 radical (unpaired) electrons. The molecular weight excluding hydrogens is 248 g/mol. The second-order valence-electron chi connectivity index (χ2n) is 3.10. The van der Waals surface area contributed by atoms with Crippen molar-refractivity contribution >= 4 is 33.1 Å². The molecule has 1 aromatic heterocycles. The van der Waals surface area contributed by atoms with E-state index in [0.717, 1.165) is 11.3 Å². The van der Waals surface area contributed by atoms with E-state index in [1.165, 1.54) is 13.0 Å². The molecule has 0 amide bonds. The number of halogens is 1. The largest absolute Gasteiger partial charge is 0.383 e. The Kier molecular flexibility index (Phi) is 3.23. The molecule has 7 heteroatoms. The lowest BCUT2D eigenvalue weighted by atomic mass is 10.1. The highest BCUT2D eigenvalue weighted by Crippen LogP contribution is 2.31. The highest BCUT2D eigenvalue weighted by Gasteiger charge is 2.30. The Morgan fingerprint density at radius 2 is 2.14 bits per heavy atom. The summed E-state index contributed by atoms with van der Waals surface area (Å²) in [5.74, 6) is -0.739. The van der Waals surface area contributed by atoms with Gasteiger partial charge in [0.25, 0.3) is 10.1 Å². The van der Waals surface area contributed by atoms with Gasteiger partial charge >= 0.3 is 0 Å². The second-order valence-corrected chi connectivity index (χ2v) is 6.27. The number of hydrogen-bond donors (Lipinski definition) is 2. The average Bonchev–Trinajstić information content (AvgIpc) is 2.29. The van der Waals surface area contributed by atoms with E-state index in [0.29, 0.717) is 9.21 Å². The van der Waals surface area contributed by atoms with Crippen molar-refractivity contribution in [2.75, 3.05) is 5.75 Å². The number of aliphatic hydroxyl groups is 1. The van der Waals surface area contributed by atoms with Crippen LogP contribution in [0, 0.1) is 0 Å². The van der Waals surface area contributed by atoms with Gasteiger partial charge in [-0.3, -0.25) is 4.55 Å². The minimum atomic E-state index is -4.21. The van der Waals surface area contributed by atoms with E-state index in [1.807, 2.05) is 0 Å². The van der Waals surface area contributed by atoms with E-state index in [9.17, 15) is 13.5 Å². The third-order valence-corrected chi connectivity index (χ3v) is 3.98. The molecule has 1 aromatic rings. The van der Waals surface area contributed by atoms with Crippen molar-refractivity contribution in [1.82, 2.24) is 0 Å². The van der Waals surface area contributed by atoms with Crippen molar-refractivity contribution in [3.8, 4) is 0 Å². The van der Waals surface area contributed by atoms with Gasteiger partial charge in [-0.2, -0.15) is 8.42 Å². The predicted molar refractivity (Wildman–Crippen MR) is 55.3 cm³/mol. The fraction of sp³-hybridized carbons (Fsp3) is 0.429. The maximum atomic E-state index is 10.6. The van der Waals surface area contributed by atoms with Crippen LogP contribution in [0.5, 0.6) is 0 Å². The van der Waals surface area contributed by atoms with Crippen LogP contribution >= 0.6 is 22.9 Å². The molecule has 1 atom stereocenters. The molecule has 0 spiro atoms. The van der Waals surface area contributed by atoms with Crippen molar-refractivity contribution in [1.29, 1.82) is 0 Å². The summed E-state index contributed by atoms with van der Waals surface area (Å²) in [5.41, 5.74) is -1.61. The van der Waals surface area contributed by atoms with Crippen LogP contribution in [0.1, 0.15) is 11.8 Å². The highest BCUT2D eigenvalue weighted by atomic mass is 35.5. The third kappa shape index (κ3) is 3.21. The summed E-state index contributed by atoms with van der Waals surface area (Å²) in [6, 6.07) is 3.08. The summed E-state index contributed by atoms with van der Waals surface area (Å²) < 4.78 is 30.2. The standard InChI is InChI=1S/C7H9ClO4S2/c1-7(9,4-14(10,11)12)5-2-3-6(8)13-5/h2-3,9H,4H2,1H3,(H,10,11,12). The lowest BCUT2D eigenvalue weighted by molar-refractivity contribution is 0.0842. The minimum Gasteiger partial charge on any atom is -0.383 e. The fourth-order valence-corrected chi connectivity index (χ4v) is 3.07. The zero-order valence-electron chi connectivity index (χ0n) is 7.27. The topological polar surface area (TPSA) is 74.6 Å². The number of hydrogen-bond acceptors (Lipinski definition) is 4. The summed E-state index contributed by atoms with van der Waals surface area (Å²) in [6.45, 7) is 1.31. The summed E-state index contributed by atoms with van der Waals surface area (Å²) in [4.78, 5) is 0.403. The average molecular weight is 257 g/mol. The minimum absolute atomic E-state index is 0.403. The van der Waals surface area contributed by atoms with E-state index in [-0.39, 0.29) is 0 Å². The van der Waals surface area contributed by atoms with E-state index in [4.69, 9.17) is 16.2 Å². The quantitative estimate of drug-likeness (QED) is 0.804. The molecule has 1 unspecified atom stereocenters. The molecule has 0 saturated heterocycles. The van der Waals surface area contributed by atoms with Gasteiger partial charge in [-0.05, 0) is 19.1 Å². The van der Waals surface area contributed by atoms with E-state index < -0.39 is 21.5 Å². The summed E-state index contributed by atoms with van der Waals surface area (Å²) in [7, 11) is -4.21. The Labute approximate surface area is 90.9 Å². The molecule has 0 aliphatic rings. The lowest BCUT2D eigenvalue weighted by Gasteiger charge is -2.19. The number of rotatable bonds is 3. The van der Waals surface area contributed by atoms with Crippen LogP contribution in [0.15, 0.2) is 12.1 Å². The van der Waals surface area contributed by atoms with E-state index in [2.05, 4.69) is 0 Å². The van der Waals surface area contributed by atoms with Crippen molar-refractivity contribution in [3.05, 3.63) is 21.3 Å². The SMILES string of the molecule is CC(O)(CS(=O)(=O)O)c1ccc(Cl)s1. The molecule has 0 saturated carbocycles. The summed E-state index contributed by atoms with van der Waals surface area (Å²) in [5, 5.41) is 9.75. The smallest absolute Gasteiger partial charge is 0.268 e. The monoisotopic (exact) mass is 256 g/mol.